The summed E-state index contributed by atoms with van der Waals surface area (Å²) in [5, 5.41) is 2.83. The number of benzene rings is 1. The minimum Gasteiger partial charge on any atom is -0.493 e. The highest BCUT2D eigenvalue weighted by Crippen LogP contribution is 2.30. The standard InChI is InChI=1S/C22H26N6O3/c1-15-6-4-5-9-28(15)21-11-20(23-13-24-21)27-12-17(25-14-27)22(29)26-16-7-8-18(30-2)19(10-16)31-3/h7-8,10-15H,4-6,9H2,1-3H3,(H,26,29). The van der Waals surface area contributed by atoms with E-state index >= 15 is 0 Å². The lowest BCUT2D eigenvalue weighted by Crippen LogP contribution is -2.38. The lowest BCUT2D eigenvalue weighted by atomic mass is 10.0. The summed E-state index contributed by atoms with van der Waals surface area (Å²) in [6.07, 6.45) is 8.35. The second kappa shape index (κ2) is 9.03. The molecular weight excluding hydrogens is 396 g/mol. The molecule has 9 heteroatoms. The van der Waals surface area contributed by atoms with E-state index in [2.05, 4.69) is 32.1 Å². The highest BCUT2D eigenvalue weighted by atomic mass is 16.5. The van der Waals surface area contributed by atoms with Crippen molar-refractivity contribution in [3.05, 3.63) is 48.8 Å². The average Bonchev–Trinajstić information content (AvgIpc) is 3.30. The van der Waals surface area contributed by atoms with Gasteiger partial charge in [0, 0.05) is 36.6 Å². The van der Waals surface area contributed by atoms with Crippen molar-refractivity contribution in [3.8, 4) is 17.3 Å². The Hall–Kier alpha value is -3.62. The maximum Gasteiger partial charge on any atom is 0.275 e. The normalized spacial score (nSPS) is 16.1. The van der Waals surface area contributed by atoms with Crippen LogP contribution in [-0.4, -0.2) is 52.2 Å². The number of anilines is 2. The van der Waals surface area contributed by atoms with E-state index in [1.807, 2.05) is 6.07 Å². The van der Waals surface area contributed by atoms with Gasteiger partial charge < -0.3 is 19.7 Å². The zero-order valence-corrected chi connectivity index (χ0v) is 17.9. The third-order valence-corrected chi connectivity index (χ3v) is 5.46. The Kier molecular flexibility index (Phi) is 6.01. The molecule has 1 aliphatic rings. The molecule has 1 aliphatic heterocycles. The molecule has 0 radical (unpaired) electrons. The maximum absolute atomic E-state index is 12.7. The van der Waals surface area contributed by atoms with Gasteiger partial charge in [-0.25, -0.2) is 15.0 Å². The van der Waals surface area contributed by atoms with Crippen molar-refractivity contribution in [3.63, 3.8) is 0 Å². The number of methoxy groups -OCH3 is 2. The first-order valence-corrected chi connectivity index (χ1v) is 10.3. The van der Waals surface area contributed by atoms with Gasteiger partial charge in [-0.05, 0) is 38.3 Å². The van der Waals surface area contributed by atoms with Gasteiger partial charge in [0.15, 0.2) is 11.5 Å². The van der Waals surface area contributed by atoms with E-state index in [1.54, 1.807) is 55.8 Å². The Balaban J connectivity index is 1.50. The van der Waals surface area contributed by atoms with Crippen LogP contribution >= 0.6 is 0 Å². The monoisotopic (exact) mass is 422 g/mol. The molecule has 1 saturated heterocycles. The first-order valence-electron chi connectivity index (χ1n) is 10.3. The zero-order chi connectivity index (χ0) is 21.8. The van der Waals surface area contributed by atoms with Crippen molar-refractivity contribution in [1.29, 1.82) is 0 Å². The number of amides is 1. The van der Waals surface area contributed by atoms with Crippen LogP contribution in [-0.2, 0) is 0 Å². The Morgan fingerprint density at radius 3 is 2.65 bits per heavy atom. The summed E-state index contributed by atoms with van der Waals surface area (Å²) < 4.78 is 12.2. The minimum atomic E-state index is -0.329. The average molecular weight is 422 g/mol. The molecule has 3 aromatic rings. The molecule has 162 valence electrons. The second-order valence-corrected chi connectivity index (χ2v) is 7.46. The topological polar surface area (TPSA) is 94.4 Å². The van der Waals surface area contributed by atoms with Crippen LogP contribution in [0.1, 0.15) is 36.7 Å². The molecule has 31 heavy (non-hydrogen) atoms. The van der Waals surface area contributed by atoms with Gasteiger partial charge in [0.25, 0.3) is 5.91 Å². The molecule has 9 nitrogen and oxygen atoms in total. The molecule has 0 saturated carbocycles. The summed E-state index contributed by atoms with van der Waals surface area (Å²) in [5.41, 5.74) is 0.863. The fraction of sp³-hybridized carbons (Fsp3) is 0.364. The van der Waals surface area contributed by atoms with E-state index in [9.17, 15) is 4.79 Å². The zero-order valence-electron chi connectivity index (χ0n) is 17.9. The van der Waals surface area contributed by atoms with E-state index in [0.29, 0.717) is 29.0 Å². The summed E-state index contributed by atoms with van der Waals surface area (Å²) >= 11 is 0. The summed E-state index contributed by atoms with van der Waals surface area (Å²) in [7, 11) is 3.11. The van der Waals surface area contributed by atoms with Gasteiger partial charge >= 0.3 is 0 Å². The molecule has 2 aromatic heterocycles. The molecule has 1 aromatic carbocycles. The highest BCUT2D eigenvalue weighted by molar-refractivity contribution is 6.02. The van der Waals surface area contributed by atoms with Gasteiger partial charge in [0.05, 0.1) is 14.2 Å². The number of aromatic nitrogens is 4. The van der Waals surface area contributed by atoms with E-state index in [1.165, 1.54) is 6.42 Å². The van der Waals surface area contributed by atoms with E-state index in [4.69, 9.17) is 9.47 Å². The van der Waals surface area contributed by atoms with Gasteiger partial charge in [0.1, 0.15) is 30.0 Å². The number of nitrogens with one attached hydrogen (secondary N) is 1. The third kappa shape index (κ3) is 4.45. The maximum atomic E-state index is 12.7. The van der Waals surface area contributed by atoms with E-state index in [0.717, 1.165) is 25.2 Å². The summed E-state index contributed by atoms with van der Waals surface area (Å²) in [6.45, 7) is 3.20. The van der Waals surface area contributed by atoms with Crippen LogP contribution in [0.15, 0.2) is 43.1 Å². The lowest BCUT2D eigenvalue weighted by Gasteiger charge is -2.34. The number of hydrogen-bond acceptors (Lipinski definition) is 7. The van der Waals surface area contributed by atoms with Crippen molar-refractivity contribution in [2.24, 2.45) is 0 Å². The Morgan fingerprint density at radius 1 is 1.06 bits per heavy atom. The Bertz CT molecular complexity index is 1070. The van der Waals surface area contributed by atoms with Crippen molar-refractivity contribution >= 4 is 17.4 Å². The highest BCUT2D eigenvalue weighted by Gasteiger charge is 2.20. The molecular formula is C22H26N6O3. The van der Waals surface area contributed by atoms with Crippen LogP contribution < -0.4 is 19.7 Å². The van der Waals surface area contributed by atoms with Crippen molar-refractivity contribution < 1.29 is 14.3 Å². The SMILES string of the molecule is COc1ccc(NC(=O)c2cn(-c3cc(N4CCCCC4C)ncn3)cn2)cc1OC. The van der Waals surface area contributed by atoms with Crippen LogP contribution in [0.25, 0.3) is 5.82 Å². The molecule has 1 fully saturated rings. The number of carbonyl (C=O) groups excluding carboxylic acids is 1. The van der Waals surface area contributed by atoms with Gasteiger partial charge in [-0.15, -0.1) is 0 Å². The Labute approximate surface area is 181 Å². The first-order chi connectivity index (χ1) is 15.1. The van der Waals surface area contributed by atoms with Crippen molar-refractivity contribution in [1.82, 2.24) is 19.5 Å². The number of nitrogens with zero attached hydrogens (tertiary/aromatic N) is 5. The van der Waals surface area contributed by atoms with Gasteiger partial charge in [-0.1, -0.05) is 0 Å². The predicted octanol–water partition coefficient (Wildman–Crippen LogP) is 3.31. The number of piperidine rings is 1. The number of ether oxygens (including phenoxy) is 2. The number of carbonyl (C=O) groups is 1. The summed E-state index contributed by atoms with van der Waals surface area (Å²) in [5.74, 6) is 2.35. The van der Waals surface area contributed by atoms with Crippen LogP contribution in [0, 0.1) is 0 Å². The molecule has 0 bridgehead atoms. The summed E-state index contributed by atoms with van der Waals surface area (Å²) in [6, 6.07) is 7.55. The van der Waals surface area contributed by atoms with Crippen LogP contribution in [0.3, 0.4) is 0 Å². The van der Waals surface area contributed by atoms with Gasteiger partial charge in [0.2, 0.25) is 0 Å². The predicted molar refractivity (Wildman–Crippen MR) is 117 cm³/mol. The summed E-state index contributed by atoms with van der Waals surface area (Å²) in [4.78, 5) is 28.0. The fourth-order valence-electron chi connectivity index (χ4n) is 3.75. The molecule has 1 N–H and O–H groups in total. The number of imidazole rings is 1. The lowest BCUT2D eigenvalue weighted by molar-refractivity contribution is 0.102. The first kappa shape index (κ1) is 20.6. The largest absolute Gasteiger partial charge is 0.493 e. The van der Waals surface area contributed by atoms with Crippen molar-refractivity contribution in [2.45, 2.75) is 32.2 Å². The third-order valence-electron chi connectivity index (χ3n) is 5.46. The molecule has 3 heterocycles. The van der Waals surface area contributed by atoms with Gasteiger partial charge in [-0.3, -0.25) is 9.36 Å². The number of rotatable bonds is 6. The van der Waals surface area contributed by atoms with E-state index in [-0.39, 0.29) is 11.6 Å². The van der Waals surface area contributed by atoms with Crippen LogP contribution in [0.5, 0.6) is 11.5 Å². The molecule has 1 atom stereocenters. The molecule has 1 amide bonds. The quantitative estimate of drug-likeness (QED) is 0.651. The van der Waals surface area contributed by atoms with Crippen molar-refractivity contribution in [2.75, 3.05) is 31.0 Å². The van der Waals surface area contributed by atoms with Crippen LogP contribution in [0.2, 0.25) is 0 Å². The number of hydrogen-bond donors (Lipinski definition) is 1. The van der Waals surface area contributed by atoms with Crippen LogP contribution in [0.4, 0.5) is 11.5 Å². The smallest absolute Gasteiger partial charge is 0.275 e. The molecule has 0 aliphatic carbocycles. The van der Waals surface area contributed by atoms with E-state index < -0.39 is 0 Å². The molecule has 1 unspecified atom stereocenters. The Morgan fingerprint density at radius 2 is 1.87 bits per heavy atom. The second-order valence-electron chi connectivity index (χ2n) is 7.46. The fourth-order valence-corrected chi connectivity index (χ4v) is 3.75. The minimum absolute atomic E-state index is 0.279. The molecule has 0 spiro atoms. The van der Waals surface area contributed by atoms with Gasteiger partial charge in [-0.2, -0.15) is 0 Å². The molecule has 4 rings (SSSR count).